The highest BCUT2D eigenvalue weighted by atomic mass is 19.3. The van der Waals surface area contributed by atoms with Crippen molar-refractivity contribution in [2.75, 3.05) is 0 Å². The quantitative estimate of drug-likeness (QED) is 0.460. The van der Waals surface area contributed by atoms with Gasteiger partial charge in [0.2, 0.25) is 0 Å². The second-order valence-electron chi connectivity index (χ2n) is 3.43. The fourth-order valence-electron chi connectivity index (χ4n) is 1.07. The summed E-state index contributed by atoms with van der Waals surface area (Å²) in [6.45, 7) is 5.82. The van der Waals surface area contributed by atoms with Crippen molar-refractivity contribution < 1.29 is 26.3 Å². The van der Waals surface area contributed by atoms with Crippen molar-refractivity contribution in [3.05, 3.63) is 25.3 Å². The molecule has 0 spiro atoms. The summed E-state index contributed by atoms with van der Waals surface area (Å²) in [4.78, 5) is 0. The molecule has 0 rings (SSSR count). The Morgan fingerprint density at radius 3 is 1.56 bits per heavy atom. The van der Waals surface area contributed by atoms with E-state index in [4.69, 9.17) is 0 Å². The topological polar surface area (TPSA) is 0 Å². The molecule has 0 aliphatic heterocycles. The summed E-state index contributed by atoms with van der Waals surface area (Å²) in [5.41, 5.74) is 0. The van der Waals surface area contributed by atoms with Gasteiger partial charge in [-0.15, -0.1) is 13.2 Å². The minimum absolute atomic E-state index is 0.569. The summed E-state index contributed by atoms with van der Waals surface area (Å²) in [5.74, 6) is -13.2. The molecule has 0 fully saturated rings. The Bertz CT molecular complexity index is 256. The molecule has 0 heterocycles. The van der Waals surface area contributed by atoms with Crippen LogP contribution in [0.3, 0.4) is 0 Å². The Labute approximate surface area is 89.6 Å². The van der Waals surface area contributed by atoms with E-state index in [0.717, 1.165) is 0 Å². The van der Waals surface area contributed by atoms with Crippen LogP contribution < -0.4 is 0 Å². The lowest BCUT2D eigenvalue weighted by atomic mass is 9.99. The molecule has 0 unspecified atom stereocenters. The van der Waals surface area contributed by atoms with E-state index in [0.29, 0.717) is 12.2 Å². The molecule has 16 heavy (non-hydrogen) atoms. The van der Waals surface area contributed by atoms with Crippen molar-refractivity contribution in [1.29, 1.82) is 0 Å². The molecule has 0 bridgehead atoms. The third-order valence-electron chi connectivity index (χ3n) is 1.86. The van der Waals surface area contributed by atoms with E-state index in [2.05, 4.69) is 13.2 Å². The molecule has 0 aliphatic carbocycles. The van der Waals surface area contributed by atoms with E-state index in [1.807, 2.05) is 0 Å². The predicted molar refractivity (Wildman–Crippen MR) is 49.1 cm³/mol. The van der Waals surface area contributed by atoms with Gasteiger partial charge >= 0.3 is 11.8 Å². The minimum Gasteiger partial charge on any atom is -0.206 e. The van der Waals surface area contributed by atoms with Crippen molar-refractivity contribution in [2.24, 2.45) is 0 Å². The second-order valence-corrected chi connectivity index (χ2v) is 3.43. The molecule has 0 saturated carbocycles. The minimum atomic E-state index is -4.77. The van der Waals surface area contributed by atoms with Gasteiger partial charge in [-0.25, -0.2) is 8.78 Å². The fraction of sp³-hybridized carbons (Fsp3) is 0.600. The Balaban J connectivity index is 4.79. The van der Waals surface area contributed by atoms with Crippen molar-refractivity contribution in [3.63, 3.8) is 0 Å². The average molecular weight is 246 g/mol. The number of halogens is 6. The third kappa shape index (κ3) is 3.90. The van der Waals surface area contributed by atoms with Crippen LogP contribution in [0, 0.1) is 0 Å². The summed E-state index contributed by atoms with van der Waals surface area (Å²) >= 11 is 0. The zero-order valence-electron chi connectivity index (χ0n) is 8.46. The van der Waals surface area contributed by atoms with Gasteiger partial charge in [0.25, 0.3) is 5.92 Å². The van der Waals surface area contributed by atoms with E-state index in [1.54, 1.807) is 0 Å². The number of hydrogen-bond donors (Lipinski definition) is 0. The third-order valence-corrected chi connectivity index (χ3v) is 1.86. The Morgan fingerprint density at radius 1 is 0.750 bits per heavy atom. The molecule has 0 N–H and O–H groups in total. The average Bonchev–Trinajstić information content (AvgIpc) is 2.00. The van der Waals surface area contributed by atoms with Gasteiger partial charge in [-0.05, 0) is 0 Å². The SMILES string of the molecule is C=CCC(F)(F)CC(F)(F)C(F)(F)CC=C. The first-order valence-electron chi connectivity index (χ1n) is 4.43. The lowest BCUT2D eigenvalue weighted by Gasteiger charge is -2.28. The summed E-state index contributed by atoms with van der Waals surface area (Å²) < 4.78 is 76.9. The Hall–Kier alpha value is -0.940. The maximum Gasteiger partial charge on any atom is 0.316 e. The Kier molecular flexibility index (Phi) is 4.64. The molecular formula is C10H12F6. The van der Waals surface area contributed by atoms with Crippen LogP contribution in [0.15, 0.2) is 25.3 Å². The summed E-state index contributed by atoms with van der Waals surface area (Å²) in [5, 5.41) is 0. The van der Waals surface area contributed by atoms with Gasteiger partial charge in [0, 0.05) is 12.8 Å². The van der Waals surface area contributed by atoms with E-state index >= 15 is 0 Å². The zero-order valence-corrected chi connectivity index (χ0v) is 8.46. The van der Waals surface area contributed by atoms with Crippen LogP contribution in [-0.2, 0) is 0 Å². The van der Waals surface area contributed by atoms with Crippen molar-refractivity contribution in [1.82, 2.24) is 0 Å². The van der Waals surface area contributed by atoms with Crippen LogP contribution in [0.4, 0.5) is 26.3 Å². The lowest BCUT2D eigenvalue weighted by Crippen LogP contribution is -2.44. The van der Waals surface area contributed by atoms with Gasteiger partial charge in [0.05, 0.1) is 6.42 Å². The second kappa shape index (κ2) is 4.93. The Morgan fingerprint density at radius 2 is 1.19 bits per heavy atom. The molecule has 0 aliphatic rings. The van der Waals surface area contributed by atoms with Gasteiger partial charge in [0.1, 0.15) is 0 Å². The van der Waals surface area contributed by atoms with E-state index < -0.39 is 37.0 Å². The molecule has 6 heteroatoms. The number of alkyl halides is 6. The molecule has 0 aromatic heterocycles. The number of allylic oxidation sites excluding steroid dienone is 2. The summed E-state index contributed by atoms with van der Waals surface area (Å²) in [7, 11) is 0. The first-order chi connectivity index (χ1) is 7.08. The van der Waals surface area contributed by atoms with Crippen molar-refractivity contribution in [3.8, 4) is 0 Å². The highest BCUT2D eigenvalue weighted by Crippen LogP contribution is 2.44. The molecule has 0 aromatic rings. The highest BCUT2D eigenvalue weighted by molar-refractivity contribution is 4.94. The first kappa shape index (κ1) is 15.1. The maximum absolute atomic E-state index is 12.9. The van der Waals surface area contributed by atoms with Crippen LogP contribution >= 0.6 is 0 Å². The van der Waals surface area contributed by atoms with Gasteiger partial charge in [-0.1, -0.05) is 12.2 Å². The first-order valence-corrected chi connectivity index (χ1v) is 4.43. The van der Waals surface area contributed by atoms with Crippen molar-refractivity contribution >= 4 is 0 Å². The standard InChI is InChI=1S/C10H12F6/c1-3-5-8(11,12)7-10(15,16)9(13,14)6-4-2/h3-4H,1-2,5-7H2. The molecule has 0 nitrogen and oxygen atoms in total. The normalized spacial score (nSPS) is 13.6. The largest absolute Gasteiger partial charge is 0.316 e. The van der Waals surface area contributed by atoms with Crippen LogP contribution in [-0.4, -0.2) is 17.8 Å². The maximum atomic E-state index is 12.9. The smallest absolute Gasteiger partial charge is 0.206 e. The molecule has 0 aromatic carbocycles. The molecule has 0 saturated heterocycles. The van der Waals surface area contributed by atoms with Gasteiger partial charge < -0.3 is 0 Å². The lowest BCUT2D eigenvalue weighted by molar-refractivity contribution is -0.236. The summed E-state index contributed by atoms with van der Waals surface area (Å²) in [6, 6.07) is 0. The van der Waals surface area contributed by atoms with Crippen LogP contribution in [0.2, 0.25) is 0 Å². The monoisotopic (exact) mass is 246 g/mol. The zero-order chi connectivity index (χ0) is 13.0. The van der Waals surface area contributed by atoms with E-state index in [9.17, 15) is 26.3 Å². The van der Waals surface area contributed by atoms with E-state index in [-0.39, 0.29) is 0 Å². The van der Waals surface area contributed by atoms with Crippen LogP contribution in [0.25, 0.3) is 0 Å². The van der Waals surface area contributed by atoms with Crippen LogP contribution in [0.1, 0.15) is 19.3 Å². The fourth-order valence-corrected chi connectivity index (χ4v) is 1.07. The van der Waals surface area contributed by atoms with Crippen LogP contribution in [0.5, 0.6) is 0 Å². The molecule has 0 amide bonds. The molecule has 0 radical (unpaired) electrons. The van der Waals surface area contributed by atoms with Gasteiger partial charge in [0.15, 0.2) is 0 Å². The molecular weight excluding hydrogens is 234 g/mol. The number of rotatable bonds is 7. The highest BCUT2D eigenvalue weighted by Gasteiger charge is 2.59. The van der Waals surface area contributed by atoms with E-state index in [1.165, 1.54) is 0 Å². The van der Waals surface area contributed by atoms with Crippen molar-refractivity contribution in [2.45, 2.75) is 37.0 Å². The summed E-state index contributed by atoms with van der Waals surface area (Å²) in [6.07, 6.45) is -3.33. The molecule has 0 atom stereocenters. The molecule has 94 valence electrons. The van der Waals surface area contributed by atoms with Gasteiger partial charge in [-0.3, -0.25) is 0 Å². The van der Waals surface area contributed by atoms with Gasteiger partial charge in [-0.2, -0.15) is 17.6 Å². The predicted octanol–water partition coefficient (Wildman–Crippen LogP) is 4.43. The number of hydrogen-bond acceptors (Lipinski definition) is 0.